The predicted molar refractivity (Wildman–Crippen MR) is 122 cm³/mol. The Morgan fingerprint density at radius 3 is 2.16 bits per heavy atom. The van der Waals surface area contributed by atoms with Crippen LogP contribution < -0.4 is 4.74 Å². The number of carbonyl (C=O) groups is 1. The van der Waals surface area contributed by atoms with Gasteiger partial charge in [-0.1, -0.05) is 78.9 Å². The van der Waals surface area contributed by atoms with Crippen LogP contribution in [0.5, 0.6) is 5.75 Å². The summed E-state index contributed by atoms with van der Waals surface area (Å²) in [5.41, 5.74) is 2.54. The van der Waals surface area contributed by atoms with Crippen LogP contribution in [0.25, 0.3) is 0 Å². The molecule has 0 aliphatic carbocycles. The number of hydrogen-bond donors (Lipinski definition) is 0. The molecule has 3 aromatic carbocycles. The standard InChI is InChI=1S/C27H28N2O2/c30-27(31-25-14-8-3-9-15-25)29-19-22-16-24(26(29)23-12-6-2-7-13-23)20-28(18-22)17-21-10-4-1-5-11-21/h1-15,22,24,26H,16-20H2. The summed E-state index contributed by atoms with van der Waals surface area (Å²) < 4.78 is 5.77. The van der Waals surface area contributed by atoms with Gasteiger partial charge in [0.2, 0.25) is 0 Å². The lowest BCUT2D eigenvalue weighted by atomic mass is 9.77. The number of hydrogen-bond acceptors (Lipinski definition) is 3. The number of fused-ring (bicyclic) bond motifs is 2. The number of benzene rings is 3. The van der Waals surface area contributed by atoms with E-state index < -0.39 is 0 Å². The zero-order chi connectivity index (χ0) is 21.0. The third-order valence-electron chi connectivity index (χ3n) is 6.46. The van der Waals surface area contributed by atoms with E-state index in [9.17, 15) is 4.79 Å². The quantitative estimate of drug-likeness (QED) is 0.577. The van der Waals surface area contributed by atoms with Crippen molar-refractivity contribution in [1.29, 1.82) is 0 Å². The van der Waals surface area contributed by atoms with Gasteiger partial charge in [0, 0.05) is 26.2 Å². The van der Waals surface area contributed by atoms with Gasteiger partial charge in [-0.3, -0.25) is 4.90 Å². The molecule has 2 fully saturated rings. The summed E-state index contributed by atoms with van der Waals surface area (Å²) >= 11 is 0. The fourth-order valence-electron chi connectivity index (χ4n) is 5.26. The second kappa shape index (κ2) is 8.94. The number of piperidine rings is 2. The highest BCUT2D eigenvalue weighted by atomic mass is 16.6. The van der Waals surface area contributed by atoms with Gasteiger partial charge in [-0.2, -0.15) is 0 Å². The Hall–Kier alpha value is -3.11. The van der Waals surface area contributed by atoms with Gasteiger partial charge in [-0.25, -0.2) is 4.79 Å². The first-order valence-electron chi connectivity index (χ1n) is 11.1. The average Bonchev–Trinajstić information content (AvgIpc) is 2.80. The van der Waals surface area contributed by atoms with E-state index in [-0.39, 0.29) is 12.1 Å². The van der Waals surface area contributed by atoms with Crippen molar-refractivity contribution in [3.05, 3.63) is 102 Å². The third-order valence-corrected chi connectivity index (χ3v) is 6.46. The van der Waals surface area contributed by atoms with E-state index in [0.717, 1.165) is 32.6 Å². The average molecular weight is 413 g/mol. The molecule has 2 aliphatic heterocycles. The van der Waals surface area contributed by atoms with Crippen LogP contribution in [0.4, 0.5) is 4.79 Å². The Balaban J connectivity index is 1.39. The summed E-state index contributed by atoms with van der Waals surface area (Å²) in [6, 6.07) is 30.5. The van der Waals surface area contributed by atoms with Gasteiger partial charge in [0.15, 0.2) is 0 Å². The van der Waals surface area contributed by atoms with Crippen LogP contribution >= 0.6 is 0 Å². The molecular weight excluding hydrogens is 384 g/mol. The van der Waals surface area contributed by atoms with Crippen molar-refractivity contribution in [2.24, 2.45) is 11.8 Å². The van der Waals surface area contributed by atoms with Crippen LogP contribution in [0.3, 0.4) is 0 Å². The highest BCUT2D eigenvalue weighted by Gasteiger charge is 2.44. The molecule has 3 atom stereocenters. The Kier molecular flexibility index (Phi) is 5.72. The van der Waals surface area contributed by atoms with Crippen molar-refractivity contribution in [3.8, 4) is 5.75 Å². The van der Waals surface area contributed by atoms with E-state index >= 15 is 0 Å². The summed E-state index contributed by atoms with van der Waals surface area (Å²) in [4.78, 5) is 17.8. The molecule has 4 heteroatoms. The van der Waals surface area contributed by atoms with Crippen LogP contribution in [0, 0.1) is 11.8 Å². The maximum atomic E-state index is 13.2. The molecular formula is C27H28N2O2. The molecule has 0 radical (unpaired) electrons. The second-order valence-electron chi connectivity index (χ2n) is 8.73. The van der Waals surface area contributed by atoms with Crippen LogP contribution in [-0.2, 0) is 6.54 Å². The molecule has 0 N–H and O–H groups in total. The maximum Gasteiger partial charge on any atom is 0.415 e. The van der Waals surface area contributed by atoms with Crippen LogP contribution in [0.1, 0.15) is 23.6 Å². The van der Waals surface area contributed by atoms with Crippen molar-refractivity contribution in [3.63, 3.8) is 0 Å². The van der Waals surface area contributed by atoms with Gasteiger partial charge in [0.25, 0.3) is 0 Å². The Bertz CT molecular complexity index is 992. The molecule has 2 aliphatic rings. The van der Waals surface area contributed by atoms with Crippen LogP contribution in [-0.4, -0.2) is 35.5 Å². The maximum absolute atomic E-state index is 13.2. The molecule has 4 nitrogen and oxygen atoms in total. The summed E-state index contributed by atoms with van der Waals surface area (Å²) in [5.74, 6) is 1.45. The van der Waals surface area contributed by atoms with Gasteiger partial charge >= 0.3 is 6.09 Å². The van der Waals surface area contributed by atoms with Gasteiger partial charge in [-0.05, 0) is 41.5 Å². The highest BCUT2D eigenvalue weighted by Crippen LogP contribution is 2.42. The second-order valence-corrected chi connectivity index (χ2v) is 8.73. The Labute approximate surface area is 184 Å². The normalized spacial score (nSPS) is 23.4. The van der Waals surface area contributed by atoms with E-state index in [2.05, 4.69) is 59.5 Å². The van der Waals surface area contributed by atoms with E-state index in [4.69, 9.17) is 4.74 Å². The van der Waals surface area contributed by atoms with Crippen LogP contribution in [0.2, 0.25) is 0 Å². The predicted octanol–water partition coefficient (Wildman–Crippen LogP) is 5.38. The fraction of sp³-hybridized carbons (Fsp3) is 0.296. The monoisotopic (exact) mass is 412 g/mol. The minimum absolute atomic E-state index is 0.0345. The molecule has 1 amide bonds. The van der Waals surface area contributed by atoms with E-state index in [0.29, 0.717) is 17.6 Å². The number of carbonyl (C=O) groups excluding carboxylic acids is 1. The first-order valence-corrected chi connectivity index (χ1v) is 11.1. The molecule has 0 saturated carbocycles. The number of para-hydroxylation sites is 1. The molecule has 0 spiro atoms. The number of nitrogens with zero attached hydrogens (tertiary/aromatic N) is 2. The molecule has 0 aromatic heterocycles. The lowest BCUT2D eigenvalue weighted by Gasteiger charge is -2.50. The molecule has 2 saturated heterocycles. The molecule has 3 unspecified atom stereocenters. The van der Waals surface area contributed by atoms with Gasteiger partial charge in [-0.15, -0.1) is 0 Å². The molecule has 5 rings (SSSR count). The zero-order valence-electron chi connectivity index (χ0n) is 17.6. The smallest absolute Gasteiger partial charge is 0.410 e. The van der Waals surface area contributed by atoms with Gasteiger partial charge in [0.1, 0.15) is 5.75 Å². The van der Waals surface area contributed by atoms with Gasteiger partial charge in [0.05, 0.1) is 6.04 Å². The topological polar surface area (TPSA) is 32.8 Å². The van der Waals surface area contributed by atoms with E-state index in [1.165, 1.54) is 11.1 Å². The minimum Gasteiger partial charge on any atom is -0.410 e. The lowest BCUT2D eigenvalue weighted by Crippen LogP contribution is -2.55. The number of ether oxygens (including phenoxy) is 1. The summed E-state index contributed by atoms with van der Waals surface area (Å²) in [5, 5.41) is 0. The highest BCUT2D eigenvalue weighted by molar-refractivity contribution is 5.71. The molecule has 158 valence electrons. The summed E-state index contributed by atoms with van der Waals surface area (Å²) in [6.07, 6.45) is 0.909. The van der Waals surface area contributed by atoms with E-state index in [1.807, 2.05) is 41.3 Å². The summed E-state index contributed by atoms with van der Waals surface area (Å²) in [7, 11) is 0. The van der Waals surface area contributed by atoms with Crippen molar-refractivity contribution in [2.75, 3.05) is 19.6 Å². The first kappa shape index (κ1) is 19.8. The van der Waals surface area contributed by atoms with Crippen molar-refractivity contribution in [1.82, 2.24) is 9.80 Å². The molecule has 3 aromatic rings. The minimum atomic E-state index is -0.244. The van der Waals surface area contributed by atoms with Gasteiger partial charge < -0.3 is 9.64 Å². The Morgan fingerprint density at radius 2 is 1.45 bits per heavy atom. The number of rotatable bonds is 4. The third kappa shape index (κ3) is 4.49. The Morgan fingerprint density at radius 1 is 0.806 bits per heavy atom. The fourth-order valence-corrected chi connectivity index (χ4v) is 5.26. The largest absolute Gasteiger partial charge is 0.415 e. The molecule has 2 heterocycles. The zero-order valence-corrected chi connectivity index (χ0v) is 17.6. The van der Waals surface area contributed by atoms with E-state index in [1.54, 1.807) is 0 Å². The van der Waals surface area contributed by atoms with Crippen molar-refractivity contribution >= 4 is 6.09 Å². The van der Waals surface area contributed by atoms with Crippen molar-refractivity contribution in [2.45, 2.75) is 19.0 Å². The number of likely N-dealkylation sites (tertiary alicyclic amines) is 2. The molecule has 2 bridgehead atoms. The lowest BCUT2D eigenvalue weighted by molar-refractivity contribution is -0.00772. The van der Waals surface area contributed by atoms with Crippen LogP contribution in [0.15, 0.2) is 91.0 Å². The summed E-state index contributed by atoms with van der Waals surface area (Å²) in [6.45, 7) is 3.69. The van der Waals surface area contributed by atoms with Crippen molar-refractivity contribution < 1.29 is 9.53 Å². The molecule has 31 heavy (non-hydrogen) atoms. The first-order chi connectivity index (χ1) is 15.3. The SMILES string of the molecule is O=C(Oc1ccccc1)N1CC2CC(CN(Cc3ccccc3)C2)C1c1ccccc1. The number of amides is 1.